The Morgan fingerprint density at radius 3 is 2.47 bits per heavy atom. The number of nitrogens with zero attached hydrogens (tertiary/aromatic N) is 4. The zero-order valence-electron chi connectivity index (χ0n) is 20.1. The Morgan fingerprint density at radius 1 is 0.974 bits per heavy atom. The van der Waals surface area contributed by atoms with Gasteiger partial charge in [0.05, 0.1) is 23.0 Å². The highest BCUT2D eigenvalue weighted by Gasteiger charge is 2.51. The van der Waals surface area contributed by atoms with E-state index in [9.17, 15) is 22.0 Å². The highest BCUT2D eigenvalue weighted by atomic mass is 32.2. The number of Topliss-reactive ketones (excluding diaryl/α,β-unsaturated/α-hetero) is 1. The van der Waals surface area contributed by atoms with Crippen LogP contribution in [0.2, 0.25) is 0 Å². The molecule has 0 radical (unpaired) electrons. The van der Waals surface area contributed by atoms with Gasteiger partial charge in [-0.2, -0.15) is 9.40 Å². The lowest BCUT2D eigenvalue weighted by Gasteiger charge is -2.44. The molecule has 0 N–H and O–H groups in total. The minimum atomic E-state index is -4.21. The maximum absolute atomic E-state index is 14.5. The van der Waals surface area contributed by atoms with Crippen LogP contribution in [-0.4, -0.2) is 46.4 Å². The van der Waals surface area contributed by atoms with E-state index in [1.165, 1.54) is 40.8 Å². The normalized spacial score (nSPS) is 19.4. The molecule has 0 saturated carbocycles. The second-order valence-electron chi connectivity index (χ2n) is 9.43. The summed E-state index contributed by atoms with van der Waals surface area (Å²) < 4.78 is 58.0. The molecular formula is C28H22F2N4O3S. The van der Waals surface area contributed by atoms with Crippen molar-refractivity contribution in [3.63, 3.8) is 0 Å². The second-order valence-corrected chi connectivity index (χ2v) is 11.3. The van der Waals surface area contributed by atoms with Crippen LogP contribution in [0.4, 0.5) is 8.78 Å². The molecule has 7 nitrogen and oxygen atoms in total. The highest BCUT2D eigenvalue weighted by Crippen LogP contribution is 2.47. The standard InChI is InChI=1S/C28H22F2N4O3S/c29-21-8-10-22(11-9-21)34-25-15-20-12-14-33(38(36,37)26-7-2-1-5-23(26)30)18-28(20,16-19(25)17-32-34)27(35)24-6-3-4-13-31-24/h1-11,13,15,17H,12,14,16,18H2/t28-/m1/s1. The minimum Gasteiger partial charge on any atom is -0.291 e. The molecule has 3 heterocycles. The first kappa shape index (κ1) is 24.3. The molecule has 0 amide bonds. The Morgan fingerprint density at radius 2 is 1.74 bits per heavy atom. The smallest absolute Gasteiger partial charge is 0.246 e. The molecule has 1 atom stereocenters. The lowest BCUT2D eigenvalue weighted by molar-refractivity contribution is 0.0770. The van der Waals surface area contributed by atoms with E-state index in [2.05, 4.69) is 10.1 Å². The molecule has 2 aliphatic rings. The Hall–Kier alpha value is -4.02. The minimum absolute atomic E-state index is 0.0831. The number of aromatic nitrogens is 3. The number of hydrogen-bond donors (Lipinski definition) is 0. The predicted octanol–water partition coefficient (Wildman–Crippen LogP) is 4.45. The molecule has 2 aromatic heterocycles. The first-order chi connectivity index (χ1) is 18.3. The molecule has 0 bridgehead atoms. The maximum Gasteiger partial charge on any atom is 0.246 e. The third-order valence-corrected chi connectivity index (χ3v) is 9.12. The van der Waals surface area contributed by atoms with E-state index in [1.807, 2.05) is 6.08 Å². The van der Waals surface area contributed by atoms with Crippen LogP contribution < -0.4 is 0 Å². The van der Waals surface area contributed by atoms with Crippen molar-refractivity contribution in [1.82, 2.24) is 19.1 Å². The summed E-state index contributed by atoms with van der Waals surface area (Å²) in [5, 5.41) is 4.49. The van der Waals surface area contributed by atoms with Crippen LogP contribution in [0.15, 0.2) is 89.6 Å². The molecule has 1 aliphatic carbocycles. The largest absolute Gasteiger partial charge is 0.291 e. The fraction of sp³-hybridized carbons (Fsp3) is 0.179. The average molecular weight is 533 g/mol. The number of fused-ring (bicyclic) bond motifs is 2. The topological polar surface area (TPSA) is 85.2 Å². The van der Waals surface area contributed by atoms with Gasteiger partial charge in [0, 0.05) is 19.3 Å². The van der Waals surface area contributed by atoms with Crippen LogP contribution in [-0.2, 0) is 16.4 Å². The van der Waals surface area contributed by atoms with Crippen molar-refractivity contribution >= 4 is 21.9 Å². The molecule has 1 fully saturated rings. The summed E-state index contributed by atoms with van der Waals surface area (Å²) in [6, 6.07) is 16.2. The van der Waals surface area contributed by atoms with Crippen molar-refractivity contribution in [2.24, 2.45) is 5.41 Å². The number of carbonyl (C=O) groups is 1. The van der Waals surface area contributed by atoms with Crippen LogP contribution in [0.3, 0.4) is 0 Å². The summed E-state index contributed by atoms with van der Waals surface area (Å²) in [4.78, 5) is 17.9. The number of carbonyl (C=O) groups excluding carboxylic acids is 1. The summed E-state index contributed by atoms with van der Waals surface area (Å²) in [6.07, 6.45) is 5.49. The number of rotatable bonds is 5. The number of piperidine rings is 1. The lowest BCUT2D eigenvalue weighted by atomic mass is 9.65. The molecule has 192 valence electrons. The summed E-state index contributed by atoms with van der Waals surface area (Å²) >= 11 is 0. The van der Waals surface area contributed by atoms with Gasteiger partial charge in [0.2, 0.25) is 10.0 Å². The van der Waals surface area contributed by atoms with Gasteiger partial charge in [-0.25, -0.2) is 21.9 Å². The zero-order valence-corrected chi connectivity index (χ0v) is 20.9. The molecule has 0 unspecified atom stereocenters. The fourth-order valence-corrected chi connectivity index (χ4v) is 6.91. The van der Waals surface area contributed by atoms with Crippen LogP contribution in [0, 0.1) is 17.0 Å². The fourth-order valence-electron chi connectivity index (χ4n) is 5.34. The predicted molar refractivity (Wildman–Crippen MR) is 136 cm³/mol. The van der Waals surface area contributed by atoms with E-state index in [0.717, 1.165) is 22.9 Å². The molecule has 38 heavy (non-hydrogen) atoms. The van der Waals surface area contributed by atoms with Crippen LogP contribution >= 0.6 is 0 Å². The second kappa shape index (κ2) is 9.07. The number of pyridine rings is 1. The van der Waals surface area contributed by atoms with Crippen molar-refractivity contribution in [2.75, 3.05) is 13.1 Å². The Kier molecular flexibility index (Phi) is 5.81. The van der Waals surface area contributed by atoms with Gasteiger partial charge in [-0.15, -0.1) is 0 Å². The number of benzene rings is 2. The third-order valence-electron chi connectivity index (χ3n) is 7.24. The molecule has 1 saturated heterocycles. The number of sulfonamides is 1. The highest BCUT2D eigenvalue weighted by molar-refractivity contribution is 7.89. The van der Waals surface area contributed by atoms with Crippen LogP contribution in [0.1, 0.15) is 28.2 Å². The third kappa shape index (κ3) is 3.88. The first-order valence-corrected chi connectivity index (χ1v) is 13.5. The zero-order chi connectivity index (χ0) is 26.5. The molecule has 6 rings (SSSR count). The Labute approximate surface area is 218 Å². The number of ketones is 1. The van der Waals surface area contributed by atoms with Crippen molar-refractivity contribution in [3.05, 3.63) is 113 Å². The maximum atomic E-state index is 14.5. The SMILES string of the molecule is O=C(c1ccccn1)[C@@]12Cc3cnn(-c4ccc(F)cc4)c3C=C1CCN(S(=O)(=O)c1ccccc1F)C2. The number of halogens is 2. The van der Waals surface area contributed by atoms with Crippen molar-refractivity contribution < 1.29 is 22.0 Å². The summed E-state index contributed by atoms with van der Waals surface area (Å²) in [6.45, 7) is -0.0775. The van der Waals surface area contributed by atoms with Gasteiger partial charge in [0.1, 0.15) is 22.2 Å². The monoisotopic (exact) mass is 532 g/mol. The summed E-state index contributed by atoms with van der Waals surface area (Å²) in [5.74, 6) is -1.51. The summed E-state index contributed by atoms with van der Waals surface area (Å²) in [5.41, 5.74) is 1.89. The average Bonchev–Trinajstić information content (AvgIpc) is 3.34. The molecule has 1 aliphatic heterocycles. The van der Waals surface area contributed by atoms with E-state index in [4.69, 9.17) is 0 Å². The van der Waals surface area contributed by atoms with Gasteiger partial charge in [-0.05, 0) is 73.0 Å². The Bertz CT molecular complexity index is 1680. The van der Waals surface area contributed by atoms with Gasteiger partial charge in [-0.3, -0.25) is 9.78 Å². The van der Waals surface area contributed by atoms with E-state index in [0.29, 0.717) is 5.69 Å². The van der Waals surface area contributed by atoms with E-state index < -0.39 is 26.2 Å². The van der Waals surface area contributed by atoms with E-state index in [-0.39, 0.29) is 43.2 Å². The van der Waals surface area contributed by atoms with Crippen LogP contribution in [0.25, 0.3) is 11.8 Å². The van der Waals surface area contributed by atoms with Crippen molar-refractivity contribution in [1.29, 1.82) is 0 Å². The quantitative estimate of drug-likeness (QED) is 0.355. The van der Waals surface area contributed by atoms with Gasteiger partial charge in [0.25, 0.3) is 0 Å². The molecular weight excluding hydrogens is 510 g/mol. The molecule has 4 aromatic rings. The Balaban J connectivity index is 1.46. The van der Waals surface area contributed by atoms with Gasteiger partial charge < -0.3 is 0 Å². The molecule has 0 spiro atoms. The van der Waals surface area contributed by atoms with Crippen LogP contribution in [0.5, 0.6) is 0 Å². The first-order valence-electron chi connectivity index (χ1n) is 12.0. The molecule has 10 heteroatoms. The number of hydrogen-bond acceptors (Lipinski definition) is 5. The van der Waals surface area contributed by atoms with Crippen molar-refractivity contribution in [3.8, 4) is 5.69 Å². The molecule has 2 aromatic carbocycles. The van der Waals surface area contributed by atoms with Gasteiger partial charge >= 0.3 is 0 Å². The van der Waals surface area contributed by atoms with E-state index in [1.54, 1.807) is 41.2 Å². The lowest BCUT2D eigenvalue weighted by Crippen LogP contribution is -2.53. The van der Waals surface area contributed by atoms with Gasteiger partial charge in [0.15, 0.2) is 5.78 Å². The summed E-state index contributed by atoms with van der Waals surface area (Å²) in [7, 11) is -4.21. The van der Waals surface area contributed by atoms with Crippen molar-refractivity contribution in [2.45, 2.75) is 17.7 Å². The van der Waals surface area contributed by atoms with Gasteiger partial charge in [-0.1, -0.05) is 23.8 Å². The van der Waals surface area contributed by atoms with E-state index >= 15 is 0 Å².